The summed E-state index contributed by atoms with van der Waals surface area (Å²) in [4.78, 5) is 16.6. The van der Waals surface area contributed by atoms with Crippen molar-refractivity contribution in [3.8, 4) is 0 Å². The Morgan fingerprint density at radius 3 is 2.90 bits per heavy atom. The number of thiazole rings is 1. The topological polar surface area (TPSA) is 74.1 Å². The maximum atomic E-state index is 5.34. The number of anilines is 2. The molecule has 7 nitrogen and oxygen atoms in total. The van der Waals surface area contributed by atoms with Crippen LogP contribution in [0.4, 0.5) is 12.0 Å². The summed E-state index contributed by atoms with van der Waals surface area (Å²) in [6.07, 6.45) is 11.5. The highest BCUT2D eigenvalue weighted by Crippen LogP contribution is 2.41. The number of imidazole rings is 1. The second-order valence-electron chi connectivity index (χ2n) is 3.68. The van der Waals surface area contributed by atoms with Crippen molar-refractivity contribution in [2.45, 2.75) is 0 Å². The minimum absolute atomic E-state index is 0.417. The van der Waals surface area contributed by atoms with Gasteiger partial charge in [0.25, 0.3) is 0 Å². The predicted molar refractivity (Wildman–Crippen MR) is 76.4 cm³/mol. The van der Waals surface area contributed by atoms with E-state index >= 15 is 0 Å². The van der Waals surface area contributed by atoms with Crippen LogP contribution in [-0.2, 0) is 0 Å². The van der Waals surface area contributed by atoms with Crippen LogP contribution in [0, 0.1) is 6.20 Å². The number of hydrogen-bond acceptors (Lipinski definition) is 8. The number of nitrogens with one attached hydrogen (secondary N) is 1. The van der Waals surface area contributed by atoms with Gasteiger partial charge in [0.05, 0.1) is 11.1 Å². The van der Waals surface area contributed by atoms with Crippen LogP contribution in [0.5, 0.6) is 0 Å². The third-order valence-corrected chi connectivity index (χ3v) is 4.36. The first-order chi connectivity index (χ1) is 9.92. The second-order valence-corrected chi connectivity index (χ2v) is 5.51. The lowest BCUT2D eigenvalue weighted by atomic mass is 10.6. The second kappa shape index (κ2) is 4.69. The molecule has 1 radical (unpaired) electrons. The SMILES string of the molecule is [C]1=C(c2nccs2)SN(c2ncc[nH]2)N1c1ncco1. The standard InChI is InChI=1S/C11H7N6OS2/c1-2-14-10(13-1)17-16(11-15-3-5-18-11)7-8(20-17)9-12-4-6-19-9/h1-6H,(H,13,14). The molecule has 0 fully saturated rings. The highest BCUT2D eigenvalue weighted by molar-refractivity contribution is 8.10. The van der Waals surface area contributed by atoms with Crippen molar-refractivity contribution in [2.75, 3.05) is 9.42 Å². The van der Waals surface area contributed by atoms with E-state index in [1.165, 1.54) is 18.2 Å². The average molecular weight is 303 g/mol. The molecule has 0 saturated carbocycles. The number of nitrogens with zero attached hydrogens (tertiary/aromatic N) is 5. The van der Waals surface area contributed by atoms with E-state index in [1.807, 2.05) is 9.79 Å². The molecule has 1 aliphatic rings. The molecule has 0 aromatic carbocycles. The van der Waals surface area contributed by atoms with E-state index in [-0.39, 0.29) is 0 Å². The molecule has 4 heterocycles. The van der Waals surface area contributed by atoms with E-state index in [4.69, 9.17) is 4.42 Å². The average Bonchev–Trinajstić information content (AvgIpc) is 3.22. The number of aromatic amines is 1. The van der Waals surface area contributed by atoms with E-state index < -0.39 is 0 Å². The molecule has 99 valence electrons. The van der Waals surface area contributed by atoms with Gasteiger partial charge in [-0.3, -0.25) is 0 Å². The Morgan fingerprint density at radius 1 is 1.20 bits per heavy atom. The lowest BCUT2D eigenvalue weighted by molar-refractivity contribution is 0.553. The van der Waals surface area contributed by atoms with Crippen molar-refractivity contribution < 1.29 is 4.42 Å². The fourth-order valence-corrected chi connectivity index (χ4v) is 3.25. The third-order valence-electron chi connectivity index (χ3n) is 2.46. The van der Waals surface area contributed by atoms with Gasteiger partial charge in [0.2, 0.25) is 5.95 Å². The third kappa shape index (κ3) is 1.87. The molecule has 0 unspecified atom stereocenters. The van der Waals surface area contributed by atoms with Gasteiger partial charge in [-0.2, -0.15) is 9.42 Å². The summed E-state index contributed by atoms with van der Waals surface area (Å²) in [7, 11) is 0. The van der Waals surface area contributed by atoms with Crippen LogP contribution in [0.1, 0.15) is 5.01 Å². The van der Waals surface area contributed by atoms with Gasteiger partial charge < -0.3 is 9.40 Å². The molecular weight excluding hydrogens is 296 g/mol. The van der Waals surface area contributed by atoms with Crippen molar-refractivity contribution in [3.05, 3.63) is 47.6 Å². The van der Waals surface area contributed by atoms with Crippen LogP contribution in [0.3, 0.4) is 0 Å². The monoisotopic (exact) mass is 303 g/mol. The molecule has 9 heteroatoms. The quantitative estimate of drug-likeness (QED) is 0.745. The molecular formula is C11H7N6OS2. The Bertz CT molecular complexity index is 706. The molecule has 0 saturated heterocycles. The maximum absolute atomic E-state index is 5.34. The molecule has 0 aliphatic carbocycles. The minimum atomic E-state index is 0.417. The molecule has 1 aliphatic heterocycles. The molecule has 0 bridgehead atoms. The van der Waals surface area contributed by atoms with E-state index in [9.17, 15) is 0 Å². The van der Waals surface area contributed by atoms with E-state index in [1.54, 1.807) is 41.1 Å². The summed E-state index contributed by atoms with van der Waals surface area (Å²) in [5, 5.41) is 4.48. The number of hydrazine groups is 1. The van der Waals surface area contributed by atoms with Crippen LogP contribution in [0.15, 0.2) is 40.8 Å². The summed E-state index contributed by atoms with van der Waals surface area (Å²) in [5.41, 5.74) is 0. The summed E-state index contributed by atoms with van der Waals surface area (Å²) < 4.78 is 7.14. The first kappa shape index (κ1) is 11.6. The predicted octanol–water partition coefficient (Wildman–Crippen LogP) is 2.55. The fraction of sp³-hybridized carbons (Fsp3) is 0. The summed E-state index contributed by atoms with van der Waals surface area (Å²) in [6.45, 7) is 0. The summed E-state index contributed by atoms with van der Waals surface area (Å²) in [5.74, 6) is 0.659. The number of aromatic nitrogens is 4. The first-order valence-corrected chi connectivity index (χ1v) is 7.27. The van der Waals surface area contributed by atoms with Crippen molar-refractivity contribution in [3.63, 3.8) is 0 Å². The zero-order valence-corrected chi connectivity index (χ0v) is 11.6. The Labute approximate surface area is 122 Å². The van der Waals surface area contributed by atoms with E-state index in [0.717, 1.165) is 9.91 Å². The Kier molecular flexibility index (Phi) is 2.71. The molecule has 3 aromatic rings. The van der Waals surface area contributed by atoms with Gasteiger partial charge in [-0.1, -0.05) is 0 Å². The van der Waals surface area contributed by atoms with Gasteiger partial charge in [0, 0.05) is 35.9 Å². The van der Waals surface area contributed by atoms with E-state index in [0.29, 0.717) is 12.0 Å². The normalized spacial score (nSPS) is 14.9. The first-order valence-electron chi connectivity index (χ1n) is 5.62. The Morgan fingerprint density at radius 2 is 2.20 bits per heavy atom. The van der Waals surface area contributed by atoms with Gasteiger partial charge in [-0.25, -0.2) is 15.0 Å². The molecule has 0 amide bonds. The molecule has 4 rings (SSSR count). The van der Waals surface area contributed by atoms with Crippen LogP contribution >= 0.6 is 23.3 Å². The zero-order valence-electron chi connectivity index (χ0n) is 9.92. The number of hydrogen-bond donors (Lipinski definition) is 1. The van der Waals surface area contributed by atoms with Crippen molar-refractivity contribution in [1.82, 2.24) is 19.9 Å². The number of rotatable bonds is 3. The Balaban J connectivity index is 1.74. The highest BCUT2D eigenvalue weighted by Gasteiger charge is 2.32. The number of oxazole rings is 1. The van der Waals surface area contributed by atoms with Crippen LogP contribution in [0.2, 0.25) is 0 Å². The van der Waals surface area contributed by atoms with Gasteiger partial charge in [-0.15, -0.1) is 11.3 Å². The molecule has 20 heavy (non-hydrogen) atoms. The zero-order chi connectivity index (χ0) is 13.4. The van der Waals surface area contributed by atoms with Crippen molar-refractivity contribution >= 4 is 40.2 Å². The smallest absolute Gasteiger partial charge is 0.322 e. The lowest BCUT2D eigenvalue weighted by Gasteiger charge is -2.22. The largest absolute Gasteiger partial charge is 0.431 e. The number of H-pyrrole nitrogens is 1. The molecule has 3 aromatic heterocycles. The van der Waals surface area contributed by atoms with Gasteiger partial charge in [-0.05, 0) is 0 Å². The van der Waals surface area contributed by atoms with Crippen molar-refractivity contribution in [2.24, 2.45) is 0 Å². The minimum Gasteiger partial charge on any atom is -0.431 e. The highest BCUT2D eigenvalue weighted by atomic mass is 32.2. The molecule has 0 spiro atoms. The lowest BCUT2D eigenvalue weighted by Crippen LogP contribution is -2.31. The van der Waals surface area contributed by atoms with Gasteiger partial charge in [0.1, 0.15) is 17.5 Å². The summed E-state index contributed by atoms with van der Waals surface area (Å²) >= 11 is 3.00. The van der Waals surface area contributed by atoms with Crippen molar-refractivity contribution in [1.29, 1.82) is 0 Å². The van der Waals surface area contributed by atoms with Gasteiger partial charge in [0.15, 0.2) is 0 Å². The molecule has 0 atom stereocenters. The fourth-order valence-electron chi connectivity index (χ4n) is 1.66. The maximum Gasteiger partial charge on any atom is 0.322 e. The van der Waals surface area contributed by atoms with Crippen LogP contribution < -0.4 is 9.42 Å². The Hall–Kier alpha value is -2.26. The van der Waals surface area contributed by atoms with Crippen LogP contribution in [0.25, 0.3) is 4.91 Å². The van der Waals surface area contributed by atoms with E-state index in [2.05, 4.69) is 26.1 Å². The van der Waals surface area contributed by atoms with Gasteiger partial charge >= 0.3 is 6.01 Å². The van der Waals surface area contributed by atoms with Crippen LogP contribution in [-0.4, -0.2) is 19.9 Å². The summed E-state index contributed by atoms with van der Waals surface area (Å²) in [6, 6.07) is 0.417. The molecule has 1 N–H and O–H groups in total.